The topological polar surface area (TPSA) is 20.2 Å². The summed E-state index contributed by atoms with van der Waals surface area (Å²) in [6.45, 7) is 6.58. The first-order valence-corrected chi connectivity index (χ1v) is 11.5. The zero-order chi connectivity index (χ0) is 17.6. The third kappa shape index (κ3) is 4.08. The molecule has 0 aromatic heterocycles. The van der Waals surface area contributed by atoms with Crippen molar-refractivity contribution in [3.63, 3.8) is 0 Å². The summed E-state index contributed by atoms with van der Waals surface area (Å²) in [6, 6.07) is 20.5. The molecule has 0 aliphatic rings. The van der Waals surface area contributed by atoms with Crippen LogP contribution in [0.5, 0.6) is 0 Å². The number of benzene rings is 2. The highest BCUT2D eigenvalue weighted by atomic mass is 79.9. The van der Waals surface area contributed by atoms with Gasteiger partial charge in [0.15, 0.2) is 0 Å². The molecule has 3 heteroatoms. The van der Waals surface area contributed by atoms with E-state index in [9.17, 15) is 4.80 Å². The fourth-order valence-corrected chi connectivity index (χ4v) is 7.20. The van der Waals surface area contributed by atoms with Gasteiger partial charge in [0.1, 0.15) is 0 Å². The van der Waals surface area contributed by atoms with Crippen molar-refractivity contribution in [3.05, 3.63) is 72.3 Å². The summed E-state index contributed by atoms with van der Waals surface area (Å²) in [4.78, 5) is 12.0. The van der Waals surface area contributed by atoms with Gasteiger partial charge in [-0.3, -0.25) is 0 Å². The zero-order valence-corrected chi connectivity index (χ0v) is 17.4. The van der Waals surface area contributed by atoms with Crippen LogP contribution >= 0.6 is 15.9 Å². The predicted octanol–water partition coefficient (Wildman–Crippen LogP) is 4.64. The first-order chi connectivity index (χ1) is 11.4. The Balaban J connectivity index is 2.43. The molecule has 0 bridgehead atoms. The van der Waals surface area contributed by atoms with Crippen molar-refractivity contribution in [3.8, 4) is 0 Å². The summed E-state index contributed by atoms with van der Waals surface area (Å²) in [5, 5.41) is 2.91. The number of rotatable bonds is 7. The maximum Gasteiger partial charge on any atom is 0.258 e. The Morgan fingerprint density at radius 1 is 1.00 bits per heavy atom. The highest BCUT2D eigenvalue weighted by molar-refractivity contribution is 9.09. The van der Waals surface area contributed by atoms with Crippen LogP contribution in [-0.2, 0) is 0 Å². The fraction of sp³-hybridized carbons (Fsp3) is 0.333. The molecule has 0 atom stereocenters. The molecule has 0 radical (unpaired) electrons. The Hall–Kier alpha value is -1.16. The molecule has 0 fully saturated rings. The smallest absolute Gasteiger partial charge is 0.258 e. The van der Waals surface area contributed by atoms with E-state index in [1.165, 1.54) is 5.57 Å². The largest absolute Gasteiger partial charge is 0.424 e. The highest BCUT2D eigenvalue weighted by Gasteiger charge is 2.49. The molecule has 128 valence electrons. The lowest BCUT2D eigenvalue weighted by Gasteiger charge is -2.41. The van der Waals surface area contributed by atoms with Gasteiger partial charge >= 0.3 is 0 Å². The van der Waals surface area contributed by atoms with E-state index in [2.05, 4.69) is 67.0 Å². The molecule has 1 nitrogen and oxygen atoms in total. The Bertz CT molecular complexity index is 625. The number of alkyl halides is 1. The van der Waals surface area contributed by atoms with Crippen LogP contribution in [0.2, 0.25) is 5.04 Å². The van der Waals surface area contributed by atoms with E-state index >= 15 is 0 Å². The molecule has 2 aromatic carbocycles. The van der Waals surface area contributed by atoms with Crippen LogP contribution in [-0.4, -0.2) is 18.4 Å². The molecule has 0 spiro atoms. The van der Waals surface area contributed by atoms with Crippen molar-refractivity contribution >= 4 is 34.6 Å². The van der Waals surface area contributed by atoms with Crippen LogP contribution in [0.1, 0.15) is 33.6 Å². The predicted molar refractivity (Wildman–Crippen MR) is 111 cm³/mol. The quantitative estimate of drug-likeness (QED) is 0.406. The van der Waals surface area contributed by atoms with Crippen molar-refractivity contribution in [2.75, 3.05) is 5.33 Å². The number of allylic oxidation sites excluding steroid dienone is 2. The molecule has 2 rings (SSSR count). The second kappa shape index (κ2) is 8.28. The Morgan fingerprint density at radius 2 is 1.46 bits per heavy atom. The summed E-state index contributed by atoms with van der Waals surface area (Å²) in [7, 11) is -2.85. The molecular weight excluding hydrogens is 376 g/mol. The van der Waals surface area contributed by atoms with Gasteiger partial charge in [0.25, 0.3) is 8.32 Å². The van der Waals surface area contributed by atoms with Gasteiger partial charge in [-0.05, 0) is 35.2 Å². The van der Waals surface area contributed by atoms with Gasteiger partial charge in [-0.25, -0.2) is 0 Å². The van der Waals surface area contributed by atoms with E-state index < -0.39 is 8.32 Å². The number of hydrogen-bond acceptors (Lipinski definition) is 1. The van der Waals surface area contributed by atoms with E-state index in [-0.39, 0.29) is 5.04 Å². The molecule has 1 N–H and O–H groups in total. The molecule has 0 heterocycles. The van der Waals surface area contributed by atoms with Crippen molar-refractivity contribution in [2.45, 2.75) is 38.7 Å². The number of hydrogen-bond donors (Lipinski definition) is 1. The van der Waals surface area contributed by atoms with E-state index in [0.29, 0.717) is 0 Å². The van der Waals surface area contributed by atoms with Crippen LogP contribution in [0.15, 0.2) is 72.3 Å². The lowest BCUT2D eigenvalue weighted by Crippen LogP contribution is -2.65. The fourth-order valence-electron chi connectivity index (χ4n) is 3.22. The minimum absolute atomic E-state index is 0.168. The van der Waals surface area contributed by atoms with E-state index in [0.717, 1.165) is 28.5 Å². The minimum atomic E-state index is -2.85. The maximum atomic E-state index is 12.0. The summed E-state index contributed by atoms with van der Waals surface area (Å²) in [6.07, 6.45) is 4.23. The van der Waals surface area contributed by atoms with Gasteiger partial charge in [-0.15, -0.1) is 0 Å². The first kappa shape index (κ1) is 19.2. The molecule has 2 aromatic rings. The third-order valence-electron chi connectivity index (χ3n) is 4.84. The average Bonchev–Trinajstić information content (AvgIpc) is 2.62. The van der Waals surface area contributed by atoms with Crippen LogP contribution in [0.3, 0.4) is 0 Å². The third-order valence-corrected chi connectivity index (χ3v) is 10.3. The molecule has 0 unspecified atom stereocenters. The second-order valence-electron chi connectivity index (χ2n) is 7.05. The van der Waals surface area contributed by atoms with Gasteiger partial charge in [-0.1, -0.05) is 102 Å². The van der Waals surface area contributed by atoms with Gasteiger partial charge in [0.05, 0.1) is 0 Å². The highest BCUT2D eigenvalue weighted by Crippen LogP contribution is 2.40. The van der Waals surface area contributed by atoms with Crippen molar-refractivity contribution < 1.29 is 4.80 Å². The van der Waals surface area contributed by atoms with Gasteiger partial charge in [0.2, 0.25) is 0 Å². The lowest BCUT2D eigenvalue weighted by atomic mass is 10.1. The van der Waals surface area contributed by atoms with E-state index in [1.807, 2.05) is 36.4 Å². The SMILES string of the molecule is C/C(=C\CCC(C)(C)[Si](O)(c1ccccc1)c1ccccc1)CBr. The van der Waals surface area contributed by atoms with Crippen molar-refractivity contribution in [1.29, 1.82) is 0 Å². The van der Waals surface area contributed by atoms with Gasteiger partial charge in [-0.2, -0.15) is 0 Å². The minimum Gasteiger partial charge on any atom is -0.424 e. The standard InChI is InChI=1S/C21H27BrOSi/c1-18(17-22)11-10-16-21(2,3)24(23,19-12-6-4-7-13-19)20-14-8-5-9-15-20/h4-9,11-15,23H,10,16-17H2,1-3H3/b18-11+. The Kier molecular flexibility index (Phi) is 6.61. The molecule has 24 heavy (non-hydrogen) atoms. The lowest BCUT2D eigenvalue weighted by molar-refractivity contribution is 0.468. The van der Waals surface area contributed by atoms with Crippen LogP contribution in [0.4, 0.5) is 0 Å². The monoisotopic (exact) mass is 402 g/mol. The average molecular weight is 403 g/mol. The molecule has 0 saturated heterocycles. The summed E-state index contributed by atoms with van der Waals surface area (Å²) in [5.41, 5.74) is 1.34. The van der Waals surface area contributed by atoms with Gasteiger partial charge in [0, 0.05) is 5.33 Å². The number of halogens is 1. The van der Waals surface area contributed by atoms with Crippen molar-refractivity contribution in [1.82, 2.24) is 0 Å². The van der Waals surface area contributed by atoms with E-state index in [4.69, 9.17) is 0 Å². The van der Waals surface area contributed by atoms with E-state index in [1.54, 1.807) is 0 Å². The maximum absolute atomic E-state index is 12.0. The Labute approximate surface area is 155 Å². The molecular formula is C21H27BrOSi. The molecule has 0 aliphatic heterocycles. The normalized spacial score (nSPS) is 13.1. The summed E-state index contributed by atoms with van der Waals surface area (Å²) >= 11 is 3.50. The van der Waals surface area contributed by atoms with Crippen LogP contribution in [0.25, 0.3) is 0 Å². The first-order valence-electron chi connectivity index (χ1n) is 8.47. The second-order valence-corrected chi connectivity index (χ2v) is 11.5. The molecule has 0 saturated carbocycles. The van der Waals surface area contributed by atoms with Crippen molar-refractivity contribution in [2.24, 2.45) is 0 Å². The molecule has 0 aliphatic carbocycles. The summed E-state index contributed by atoms with van der Waals surface area (Å²) < 4.78 is 0. The zero-order valence-electron chi connectivity index (χ0n) is 14.8. The van der Waals surface area contributed by atoms with Gasteiger partial charge < -0.3 is 4.80 Å². The Morgan fingerprint density at radius 3 is 1.88 bits per heavy atom. The summed E-state index contributed by atoms with van der Waals surface area (Å²) in [5.74, 6) is 0. The van der Waals surface area contributed by atoms with Crippen LogP contribution in [0, 0.1) is 0 Å². The van der Waals surface area contributed by atoms with Crippen LogP contribution < -0.4 is 10.4 Å². The molecule has 0 amide bonds.